The van der Waals surface area contributed by atoms with Gasteiger partial charge in [-0.05, 0) is 36.4 Å². The Morgan fingerprint density at radius 2 is 1.60 bits per heavy atom. The molecule has 30 heavy (non-hydrogen) atoms. The minimum atomic E-state index is -3.55. The summed E-state index contributed by atoms with van der Waals surface area (Å²) in [4.78, 5) is 8.31. The third-order valence-electron chi connectivity index (χ3n) is 5.64. The van der Waals surface area contributed by atoms with Crippen LogP contribution in [0.25, 0.3) is 0 Å². The summed E-state index contributed by atoms with van der Waals surface area (Å²) >= 11 is 0. The number of sulfonamides is 1. The zero-order valence-corrected chi connectivity index (χ0v) is 17.6. The van der Waals surface area contributed by atoms with Crippen molar-refractivity contribution in [1.29, 1.82) is 0 Å². The van der Waals surface area contributed by atoms with Gasteiger partial charge in [-0.3, -0.25) is 4.98 Å². The van der Waals surface area contributed by atoms with E-state index in [1.165, 1.54) is 10.6 Å². The highest BCUT2D eigenvalue weighted by atomic mass is 32.2. The molecule has 2 aromatic carbocycles. The number of rotatable bonds is 7. The number of pyridine rings is 1. The number of nitrogens with zero attached hydrogens (tertiary/aromatic N) is 2. The van der Waals surface area contributed by atoms with E-state index < -0.39 is 10.0 Å². The highest BCUT2D eigenvalue weighted by Crippen LogP contribution is 2.15. The van der Waals surface area contributed by atoms with E-state index in [1.54, 1.807) is 30.5 Å². The maximum absolute atomic E-state index is 12.7. The summed E-state index contributed by atoms with van der Waals surface area (Å²) in [5.74, 6) is 0. The lowest BCUT2D eigenvalue weighted by Gasteiger charge is -2.37. The minimum absolute atomic E-state index is 0.00936. The molecule has 0 amide bonds. The first-order valence-electron chi connectivity index (χ1n) is 10.2. The number of hydrogen-bond donors (Lipinski definition) is 2. The molecule has 1 saturated heterocycles. The van der Waals surface area contributed by atoms with Crippen LogP contribution < -0.4 is 14.5 Å². The van der Waals surface area contributed by atoms with E-state index in [4.69, 9.17) is 0 Å². The first-order chi connectivity index (χ1) is 14.6. The Balaban J connectivity index is 1.47. The number of para-hydroxylation sites is 1. The Kier molecular flexibility index (Phi) is 6.42. The second-order valence-electron chi connectivity index (χ2n) is 7.48. The quantitative estimate of drug-likeness (QED) is 0.605. The third kappa shape index (κ3) is 4.87. The van der Waals surface area contributed by atoms with Crippen molar-refractivity contribution in [3.05, 3.63) is 90.8 Å². The van der Waals surface area contributed by atoms with Gasteiger partial charge in [0.1, 0.15) is 6.04 Å². The Labute approximate surface area is 178 Å². The van der Waals surface area contributed by atoms with Gasteiger partial charge in [0, 0.05) is 23.6 Å². The number of hydrogen-bond acceptors (Lipinski definition) is 4. The number of nitrogens with one attached hydrogen (secondary N) is 2. The SMILES string of the molecule is O=S(=O)(NC[C@@H](c1cccnc1)[NH+]1CCN(c2ccccc2)CC1)c1ccccc1. The summed E-state index contributed by atoms with van der Waals surface area (Å²) in [6.07, 6.45) is 3.59. The van der Waals surface area contributed by atoms with E-state index in [1.807, 2.05) is 30.5 Å². The van der Waals surface area contributed by atoms with Crippen LogP contribution in [-0.2, 0) is 10.0 Å². The Morgan fingerprint density at radius 3 is 2.23 bits per heavy atom. The molecule has 0 aliphatic carbocycles. The van der Waals surface area contributed by atoms with Crippen LogP contribution in [-0.4, -0.2) is 46.1 Å². The first-order valence-corrected chi connectivity index (χ1v) is 11.7. The monoisotopic (exact) mass is 423 g/mol. The van der Waals surface area contributed by atoms with Gasteiger partial charge < -0.3 is 9.80 Å². The fourth-order valence-corrected chi connectivity index (χ4v) is 5.06. The van der Waals surface area contributed by atoms with Gasteiger partial charge in [0.15, 0.2) is 0 Å². The predicted molar refractivity (Wildman–Crippen MR) is 118 cm³/mol. The Morgan fingerprint density at radius 1 is 0.933 bits per heavy atom. The van der Waals surface area contributed by atoms with Crippen LogP contribution >= 0.6 is 0 Å². The molecule has 0 bridgehead atoms. The van der Waals surface area contributed by atoms with Crippen molar-refractivity contribution in [3.63, 3.8) is 0 Å². The maximum atomic E-state index is 12.7. The highest BCUT2D eigenvalue weighted by Gasteiger charge is 2.30. The van der Waals surface area contributed by atoms with Crippen LogP contribution in [0.2, 0.25) is 0 Å². The molecule has 156 valence electrons. The fraction of sp³-hybridized carbons (Fsp3) is 0.261. The molecule has 7 heteroatoms. The molecule has 4 rings (SSSR count). The van der Waals surface area contributed by atoms with Crippen LogP contribution in [0.15, 0.2) is 90.1 Å². The van der Waals surface area contributed by atoms with Gasteiger partial charge >= 0.3 is 0 Å². The maximum Gasteiger partial charge on any atom is 0.240 e. The van der Waals surface area contributed by atoms with Crippen molar-refractivity contribution in [2.45, 2.75) is 10.9 Å². The first kappa shape index (κ1) is 20.5. The topological polar surface area (TPSA) is 66.7 Å². The number of anilines is 1. The molecule has 6 nitrogen and oxygen atoms in total. The molecule has 1 fully saturated rings. The van der Waals surface area contributed by atoms with Crippen LogP contribution in [0.4, 0.5) is 5.69 Å². The molecule has 0 spiro atoms. The third-order valence-corrected chi connectivity index (χ3v) is 7.08. The lowest BCUT2D eigenvalue weighted by molar-refractivity contribution is -0.930. The molecule has 0 saturated carbocycles. The lowest BCUT2D eigenvalue weighted by atomic mass is 10.1. The van der Waals surface area contributed by atoms with Crippen molar-refractivity contribution in [2.75, 3.05) is 37.6 Å². The Bertz CT molecular complexity index is 1020. The molecule has 0 unspecified atom stereocenters. The smallest absolute Gasteiger partial charge is 0.240 e. The summed E-state index contributed by atoms with van der Waals surface area (Å²) in [6, 6.07) is 22.9. The van der Waals surface area contributed by atoms with Crippen molar-refractivity contribution < 1.29 is 13.3 Å². The number of piperazine rings is 1. The van der Waals surface area contributed by atoms with Gasteiger partial charge in [-0.2, -0.15) is 0 Å². The fourth-order valence-electron chi connectivity index (χ4n) is 4.00. The van der Waals surface area contributed by atoms with E-state index in [0.29, 0.717) is 11.4 Å². The van der Waals surface area contributed by atoms with Gasteiger partial charge in [0.2, 0.25) is 10.0 Å². The van der Waals surface area contributed by atoms with Crippen molar-refractivity contribution in [2.24, 2.45) is 0 Å². The standard InChI is InChI=1S/C23H26N4O2S/c28-30(29,22-11-5-2-6-12-22)25-19-23(20-8-7-13-24-18-20)27-16-14-26(15-17-27)21-9-3-1-4-10-21/h1-13,18,23,25H,14-17,19H2/p+1/t23-/m0/s1. The second-order valence-corrected chi connectivity index (χ2v) is 9.25. The zero-order valence-electron chi connectivity index (χ0n) is 16.8. The molecule has 2 heterocycles. The summed E-state index contributed by atoms with van der Waals surface area (Å²) in [5.41, 5.74) is 2.29. The normalized spacial score (nSPS) is 16.3. The van der Waals surface area contributed by atoms with Crippen LogP contribution in [0.3, 0.4) is 0 Å². The molecule has 1 atom stereocenters. The van der Waals surface area contributed by atoms with E-state index in [9.17, 15) is 8.42 Å². The summed E-state index contributed by atoms with van der Waals surface area (Å²) in [7, 11) is -3.55. The average Bonchev–Trinajstić information content (AvgIpc) is 2.81. The van der Waals surface area contributed by atoms with Crippen LogP contribution in [0.5, 0.6) is 0 Å². The second kappa shape index (κ2) is 9.38. The summed E-state index contributed by atoms with van der Waals surface area (Å²) in [6.45, 7) is 4.07. The van der Waals surface area contributed by atoms with E-state index >= 15 is 0 Å². The van der Waals surface area contributed by atoms with E-state index in [-0.39, 0.29) is 6.04 Å². The molecule has 1 aromatic heterocycles. The van der Waals surface area contributed by atoms with Crippen molar-refractivity contribution in [1.82, 2.24) is 9.71 Å². The lowest BCUT2D eigenvalue weighted by Crippen LogP contribution is -3.15. The number of quaternary nitrogens is 1. The van der Waals surface area contributed by atoms with E-state index in [2.05, 4.69) is 38.9 Å². The van der Waals surface area contributed by atoms with Crippen LogP contribution in [0.1, 0.15) is 11.6 Å². The van der Waals surface area contributed by atoms with Crippen molar-refractivity contribution >= 4 is 15.7 Å². The largest absolute Gasteiger partial charge is 0.360 e. The molecular formula is C23H27N4O2S+. The van der Waals surface area contributed by atoms with Gasteiger partial charge in [-0.15, -0.1) is 0 Å². The van der Waals surface area contributed by atoms with Gasteiger partial charge in [-0.25, -0.2) is 13.1 Å². The van der Waals surface area contributed by atoms with Crippen LogP contribution in [0, 0.1) is 0 Å². The van der Waals surface area contributed by atoms with E-state index in [0.717, 1.165) is 31.7 Å². The number of aromatic nitrogens is 1. The van der Waals surface area contributed by atoms with Gasteiger partial charge in [-0.1, -0.05) is 36.4 Å². The number of benzene rings is 2. The minimum Gasteiger partial charge on any atom is -0.360 e. The zero-order chi connectivity index (χ0) is 20.8. The predicted octanol–water partition coefficient (Wildman–Crippen LogP) is 1.51. The molecular weight excluding hydrogens is 396 g/mol. The molecule has 1 aliphatic heterocycles. The molecule has 0 radical (unpaired) electrons. The summed E-state index contributed by atoms with van der Waals surface area (Å²) < 4.78 is 28.3. The van der Waals surface area contributed by atoms with Crippen molar-refractivity contribution in [3.8, 4) is 0 Å². The average molecular weight is 424 g/mol. The van der Waals surface area contributed by atoms with Gasteiger partial charge in [0.25, 0.3) is 0 Å². The Hall–Kier alpha value is -2.74. The molecule has 3 aromatic rings. The molecule has 2 N–H and O–H groups in total. The highest BCUT2D eigenvalue weighted by molar-refractivity contribution is 7.89. The summed E-state index contributed by atoms with van der Waals surface area (Å²) in [5, 5.41) is 0. The molecule has 1 aliphatic rings. The van der Waals surface area contributed by atoms with Gasteiger partial charge in [0.05, 0.1) is 37.6 Å².